The minimum atomic E-state index is -4.51. The van der Waals surface area contributed by atoms with Crippen molar-refractivity contribution in [3.8, 4) is 22.8 Å². The van der Waals surface area contributed by atoms with Crippen molar-refractivity contribution in [2.24, 2.45) is 0 Å². The Morgan fingerprint density at radius 3 is 2.45 bits per heavy atom. The molecular weight excluding hydrogens is 297 g/mol. The molecule has 0 spiro atoms. The highest BCUT2D eigenvalue weighted by atomic mass is 19.4. The zero-order chi connectivity index (χ0) is 15.7. The predicted octanol–water partition coefficient (Wildman–Crippen LogP) is 3.40. The lowest BCUT2D eigenvalue weighted by Crippen LogP contribution is -2.07. The Hall–Kier alpha value is -2.90. The third-order valence-corrected chi connectivity index (χ3v) is 2.97. The lowest BCUT2D eigenvalue weighted by atomic mass is 10.1. The second-order valence-electron chi connectivity index (χ2n) is 4.40. The lowest BCUT2D eigenvalue weighted by Gasteiger charge is -2.09. The van der Waals surface area contributed by atoms with Crippen molar-refractivity contribution in [1.82, 2.24) is 15.1 Å². The summed E-state index contributed by atoms with van der Waals surface area (Å²) in [6.07, 6.45) is -3.03. The molecule has 1 aromatic carbocycles. The predicted molar refractivity (Wildman–Crippen MR) is 72.4 cm³/mol. The quantitative estimate of drug-likeness (QED) is 0.785. The Labute approximate surface area is 122 Å². The number of aromatic nitrogens is 3. The molecule has 2 aromatic heterocycles. The summed E-state index contributed by atoms with van der Waals surface area (Å²) in [6, 6.07) is 8.22. The van der Waals surface area contributed by atoms with Gasteiger partial charge in [0.15, 0.2) is 0 Å². The van der Waals surface area contributed by atoms with Crippen LogP contribution in [0.2, 0.25) is 0 Å². The molecule has 3 aromatic rings. The monoisotopic (exact) mass is 306 g/mol. The zero-order valence-corrected chi connectivity index (χ0v) is 11.0. The van der Waals surface area contributed by atoms with Crippen molar-refractivity contribution < 1.29 is 17.7 Å². The van der Waals surface area contributed by atoms with E-state index in [9.17, 15) is 13.2 Å². The highest BCUT2D eigenvalue weighted by molar-refractivity contribution is 5.69. The summed E-state index contributed by atoms with van der Waals surface area (Å²) in [5.41, 5.74) is 5.06. The van der Waals surface area contributed by atoms with Gasteiger partial charge in [-0.15, -0.1) is 0 Å². The van der Waals surface area contributed by atoms with Gasteiger partial charge in [-0.05, 0) is 18.2 Å². The Morgan fingerprint density at radius 2 is 1.73 bits per heavy atom. The molecule has 2 N–H and O–H groups in total. The molecule has 0 radical (unpaired) electrons. The van der Waals surface area contributed by atoms with Crippen molar-refractivity contribution in [3.05, 3.63) is 48.2 Å². The molecule has 0 saturated heterocycles. The number of nitrogens with zero attached hydrogens (tertiary/aromatic N) is 3. The number of pyridine rings is 1. The number of nitrogens with two attached hydrogens (primary N) is 1. The fraction of sp³-hybridized carbons (Fsp3) is 0.0714. The van der Waals surface area contributed by atoms with Crippen LogP contribution >= 0.6 is 0 Å². The van der Waals surface area contributed by atoms with Gasteiger partial charge in [-0.2, -0.15) is 18.2 Å². The van der Waals surface area contributed by atoms with E-state index in [2.05, 4.69) is 15.1 Å². The van der Waals surface area contributed by atoms with E-state index >= 15 is 0 Å². The second kappa shape index (κ2) is 5.14. The first-order valence-electron chi connectivity index (χ1n) is 6.18. The first-order chi connectivity index (χ1) is 10.5. The second-order valence-corrected chi connectivity index (χ2v) is 4.40. The van der Waals surface area contributed by atoms with E-state index in [0.717, 1.165) is 6.07 Å². The van der Waals surface area contributed by atoms with Crippen molar-refractivity contribution in [2.45, 2.75) is 6.18 Å². The summed E-state index contributed by atoms with van der Waals surface area (Å²) in [5, 5.41) is 3.61. The van der Waals surface area contributed by atoms with Gasteiger partial charge < -0.3 is 10.3 Å². The first kappa shape index (κ1) is 14.1. The molecule has 0 aliphatic carbocycles. The average molecular weight is 306 g/mol. The molecule has 0 fully saturated rings. The summed E-state index contributed by atoms with van der Waals surface area (Å²) in [6.45, 7) is 0. The number of benzene rings is 1. The number of nitrogen functional groups attached to an aromatic ring is 1. The highest BCUT2D eigenvalue weighted by Gasteiger charge is 2.34. The Bertz CT molecular complexity index is 814. The van der Waals surface area contributed by atoms with Gasteiger partial charge in [0.1, 0.15) is 5.82 Å². The van der Waals surface area contributed by atoms with E-state index in [1.54, 1.807) is 12.1 Å². The van der Waals surface area contributed by atoms with Crippen LogP contribution in [-0.4, -0.2) is 15.1 Å². The summed E-state index contributed by atoms with van der Waals surface area (Å²) < 4.78 is 44.0. The van der Waals surface area contributed by atoms with Crippen LogP contribution in [0.15, 0.2) is 47.1 Å². The minimum absolute atomic E-state index is 0.0116. The van der Waals surface area contributed by atoms with Crippen molar-refractivity contribution in [1.29, 1.82) is 0 Å². The average Bonchev–Trinajstić information content (AvgIpc) is 2.96. The van der Waals surface area contributed by atoms with Crippen LogP contribution in [0.4, 0.5) is 19.0 Å². The van der Waals surface area contributed by atoms with E-state index in [-0.39, 0.29) is 23.1 Å². The van der Waals surface area contributed by atoms with Crippen LogP contribution in [0.5, 0.6) is 0 Å². The third kappa shape index (κ3) is 2.50. The number of rotatable bonds is 2. The van der Waals surface area contributed by atoms with E-state index in [1.807, 2.05) is 0 Å². The maximum atomic E-state index is 13.0. The molecule has 22 heavy (non-hydrogen) atoms. The van der Waals surface area contributed by atoms with Gasteiger partial charge in [-0.25, -0.2) is 4.98 Å². The number of anilines is 1. The van der Waals surface area contributed by atoms with Gasteiger partial charge in [-0.3, -0.25) is 0 Å². The Balaban J connectivity index is 2.08. The summed E-state index contributed by atoms with van der Waals surface area (Å²) in [5.74, 6) is 0.00515. The Kier molecular flexibility index (Phi) is 3.28. The SMILES string of the molecule is Nc1ncccc1-c1nc(-c2ccccc2C(F)(F)F)no1. The van der Waals surface area contributed by atoms with Crippen LogP contribution in [0.3, 0.4) is 0 Å². The topological polar surface area (TPSA) is 77.8 Å². The number of alkyl halides is 3. The van der Waals surface area contributed by atoms with Gasteiger partial charge in [0.2, 0.25) is 5.82 Å². The zero-order valence-electron chi connectivity index (χ0n) is 11.0. The molecule has 112 valence electrons. The highest BCUT2D eigenvalue weighted by Crippen LogP contribution is 2.36. The molecule has 0 atom stereocenters. The van der Waals surface area contributed by atoms with E-state index in [1.165, 1.54) is 24.4 Å². The van der Waals surface area contributed by atoms with Crippen LogP contribution in [-0.2, 0) is 6.18 Å². The van der Waals surface area contributed by atoms with E-state index < -0.39 is 11.7 Å². The third-order valence-electron chi connectivity index (χ3n) is 2.97. The van der Waals surface area contributed by atoms with Crippen LogP contribution < -0.4 is 5.73 Å². The van der Waals surface area contributed by atoms with Crippen molar-refractivity contribution in [3.63, 3.8) is 0 Å². The maximum Gasteiger partial charge on any atom is 0.417 e. The molecule has 0 bridgehead atoms. The van der Waals surface area contributed by atoms with Gasteiger partial charge >= 0.3 is 6.18 Å². The fourth-order valence-corrected chi connectivity index (χ4v) is 1.97. The molecular formula is C14H9F3N4O. The standard InChI is InChI=1S/C14H9F3N4O/c15-14(16,17)10-6-2-1-4-8(10)12-20-13(22-21-12)9-5-3-7-19-11(9)18/h1-7H,(H2,18,19). The number of hydrogen-bond donors (Lipinski definition) is 1. The van der Waals surface area contributed by atoms with Gasteiger partial charge in [-0.1, -0.05) is 23.4 Å². The molecule has 0 aliphatic heterocycles. The molecule has 8 heteroatoms. The molecule has 0 aliphatic rings. The smallest absolute Gasteiger partial charge is 0.383 e. The first-order valence-corrected chi connectivity index (χ1v) is 6.18. The molecule has 0 unspecified atom stereocenters. The fourth-order valence-electron chi connectivity index (χ4n) is 1.97. The largest absolute Gasteiger partial charge is 0.417 e. The summed E-state index contributed by atoms with van der Waals surface area (Å²) in [4.78, 5) is 7.85. The van der Waals surface area contributed by atoms with Crippen LogP contribution in [0, 0.1) is 0 Å². The number of halogens is 3. The van der Waals surface area contributed by atoms with Gasteiger partial charge in [0.05, 0.1) is 11.1 Å². The van der Waals surface area contributed by atoms with E-state index in [0.29, 0.717) is 5.56 Å². The molecule has 3 rings (SSSR count). The molecule has 0 saturated carbocycles. The summed E-state index contributed by atoms with van der Waals surface area (Å²) >= 11 is 0. The molecule has 0 amide bonds. The van der Waals surface area contributed by atoms with E-state index in [4.69, 9.17) is 10.3 Å². The van der Waals surface area contributed by atoms with Crippen molar-refractivity contribution >= 4 is 5.82 Å². The summed E-state index contributed by atoms with van der Waals surface area (Å²) in [7, 11) is 0. The van der Waals surface area contributed by atoms with Gasteiger partial charge in [0.25, 0.3) is 5.89 Å². The van der Waals surface area contributed by atoms with Crippen LogP contribution in [0.25, 0.3) is 22.8 Å². The number of hydrogen-bond acceptors (Lipinski definition) is 5. The van der Waals surface area contributed by atoms with Gasteiger partial charge in [0, 0.05) is 11.8 Å². The van der Waals surface area contributed by atoms with Crippen LogP contribution in [0.1, 0.15) is 5.56 Å². The molecule has 5 nitrogen and oxygen atoms in total. The Morgan fingerprint density at radius 1 is 1.00 bits per heavy atom. The lowest BCUT2D eigenvalue weighted by molar-refractivity contribution is -0.137. The minimum Gasteiger partial charge on any atom is -0.383 e. The normalized spacial score (nSPS) is 11.6. The molecule has 2 heterocycles. The maximum absolute atomic E-state index is 13.0. The van der Waals surface area contributed by atoms with Crippen molar-refractivity contribution in [2.75, 3.05) is 5.73 Å².